The van der Waals surface area contributed by atoms with Gasteiger partial charge in [0.05, 0.1) is 5.56 Å². The third-order valence-corrected chi connectivity index (χ3v) is 3.29. The number of carbonyl (C=O) groups is 1. The van der Waals surface area contributed by atoms with E-state index in [1.165, 1.54) is 12.5 Å². The Balaban J connectivity index is 1.96. The smallest absolute Gasteiger partial charge is 0.253 e. The van der Waals surface area contributed by atoms with Crippen molar-refractivity contribution < 1.29 is 9.18 Å². The van der Waals surface area contributed by atoms with Crippen molar-refractivity contribution in [1.82, 2.24) is 5.32 Å². The van der Waals surface area contributed by atoms with Crippen molar-refractivity contribution in [1.29, 1.82) is 0 Å². The normalized spacial score (nSPS) is 18.8. The van der Waals surface area contributed by atoms with Crippen molar-refractivity contribution in [2.24, 2.45) is 11.7 Å². The number of carbonyl (C=O) groups excluding carboxylic acids is 1. The molecule has 4 N–H and O–H groups in total. The van der Waals surface area contributed by atoms with Gasteiger partial charge in [0.15, 0.2) is 0 Å². The van der Waals surface area contributed by atoms with Gasteiger partial charge in [-0.25, -0.2) is 4.39 Å². The summed E-state index contributed by atoms with van der Waals surface area (Å²) in [7, 11) is 0. The van der Waals surface area contributed by atoms with Crippen molar-refractivity contribution in [3.8, 4) is 0 Å². The fourth-order valence-corrected chi connectivity index (χ4v) is 2.29. The molecule has 1 saturated heterocycles. The number of halogens is 1. The van der Waals surface area contributed by atoms with Gasteiger partial charge in [0.25, 0.3) is 5.91 Å². The minimum Gasteiger partial charge on any atom is -0.384 e. The molecule has 0 bridgehead atoms. The summed E-state index contributed by atoms with van der Waals surface area (Å²) in [5.74, 6) is -0.656. The first kappa shape index (κ1) is 12.8. The summed E-state index contributed by atoms with van der Waals surface area (Å²) in [6, 6.07) is 4.49. The SMILES string of the molecule is NC(=O)c1c(F)cccc1NCCC1CCNC1. The summed E-state index contributed by atoms with van der Waals surface area (Å²) in [5.41, 5.74) is 5.61. The molecule has 1 atom stereocenters. The van der Waals surface area contributed by atoms with E-state index in [-0.39, 0.29) is 5.56 Å². The van der Waals surface area contributed by atoms with Gasteiger partial charge in [-0.1, -0.05) is 6.07 Å². The maximum atomic E-state index is 13.5. The molecule has 1 amide bonds. The van der Waals surface area contributed by atoms with Crippen molar-refractivity contribution in [2.75, 3.05) is 25.0 Å². The highest BCUT2D eigenvalue weighted by molar-refractivity contribution is 5.98. The molecule has 18 heavy (non-hydrogen) atoms. The van der Waals surface area contributed by atoms with E-state index in [0.717, 1.165) is 26.1 Å². The van der Waals surface area contributed by atoms with E-state index in [2.05, 4.69) is 10.6 Å². The first-order valence-electron chi connectivity index (χ1n) is 6.21. The molecule has 0 radical (unpaired) electrons. The first-order chi connectivity index (χ1) is 8.68. The van der Waals surface area contributed by atoms with Gasteiger partial charge in [-0.3, -0.25) is 4.79 Å². The number of rotatable bonds is 5. The van der Waals surface area contributed by atoms with E-state index in [9.17, 15) is 9.18 Å². The molecule has 1 unspecified atom stereocenters. The third kappa shape index (κ3) is 2.98. The molecule has 1 aromatic rings. The second kappa shape index (κ2) is 5.82. The highest BCUT2D eigenvalue weighted by Crippen LogP contribution is 2.19. The number of primary amides is 1. The monoisotopic (exact) mass is 251 g/mol. The highest BCUT2D eigenvalue weighted by Gasteiger charge is 2.16. The van der Waals surface area contributed by atoms with Crippen LogP contribution in [0.15, 0.2) is 18.2 Å². The number of benzene rings is 1. The number of nitrogens with two attached hydrogens (primary N) is 1. The molecule has 1 aliphatic rings. The largest absolute Gasteiger partial charge is 0.384 e. The Bertz CT molecular complexity index is 430. The Hall–Kier alpha value is -1.62. The summed E-state index contributed by atoms with van der Waals surface area (Å²) in [5, 5.41) is 6.39. The number of hydrogen-bond acceptors (Lipinski definition) is 3. The lowest BCUT2D eigenvalue weighted by molar-refractivity contribution is 0.0997. The molecular weight excluding hydrogens is 233 g/mol. The molecule has 2 rings (SSSR count). The molecule has 0 saturated carbocycles. The van der Waals surface area contributed by atoms with Gasteiger partial charge in [0.2, 0.25) is 0 Å². The molecule has 0 aromatic heterocycles. The van der Waals surface area contributed by atoms with Crippen molar-refractivity contribution in [3.05, 3.63) is 29.6 Å². The molecule has 1 aliphatic heterocycles. The highest BCUT2D eigenvalue weighted by atomic mass is 19.1. The molecule has 1 aromatic carbocycles. The maximum absolute atomic E-state index is 13.5. The molecule has 5 heteroatoms. The van der Waals surface area contributed by atoms with Crippen LogP contribution in [-0.4, -0.2) is 25.5 Å². The molecule has 0 aliphatic carbocycles. The standard InChI is InChI=1S/C13H18FN3O/c14-10-2-1-3-11(12(10)13(15)18)17-7-5-9-4-6-16-8-9/h1-3,9,16-17H,4-8H2,(H2,15,18). The molecule has 0 spiro atoms. The molecule has 98 valence electrons. The average Bonchev–Trinajstić information content (AvgIpc) is 2.81. The number of amides is 1. The summed E-state index contributed by atoms with van der Waals surface area (Å²) in [4.78, 5) is 11.2. The molecule has 1 fully saturated rings. The minimum atomic E-state index is -0.738. The van der Waals surface area contributed by atoms with Crippen LogP contribution >= 0.6 is 0 Å². The lowest BCUT2D eigenvalue weighted by atomic mass is 10.0. The number of anilines is 1. The van der Waals surface area contributed by atoms with Gasteiger partial charge < -0.3 is 16.4 Å². The Morgan fingerprint density at radius 1 is 1.56 bits per heavy atom. The quantitative estimate of drug-likeness (QED) is 0.739. The molecule has 4 nitrogen and oxygen atoms in total. The number of nitrogens with one attached hydrogen (secondary N) is 2. The fourth-order valence-electron chi connectivity index (χ4n) is 2.29. The summed E-state index contributed by atoms with van der Waals surface area (Å²) >= 11 is 0. The second-order valence-corrected chi connectivity index (χ2v) is 4.60. The van der Waals surface area contributed by atoms with Crippen LogP contribution in [0.25, 0.3) is 0 Å². The Morgan fingerprint density at radius 3 is 3.06 bits per heavy atom. The van der Waals surface area contributed by atoms with Crippen molar-refractivity contribution in [2.45, 2.75) is 12.8 Å². The maximum Gasteiger partial charge on any atom is 0.253 e. The van der Waals surface area contributed by atoms with Gasteiger partial charge in [-0.15, -0.1) is 0 Å². The summed E-state index contributed by atoms with van der Waals surface area (Å²) in [6.07, 6.45) is 2.18. The average molecular weight is 251 g/mol. The zero-order valence-corrected chi connectivity index (χ0v) is 10.2. The minimum absolute atomic E-state index is 0.0537. The zero-order valence-electron chi connectivity index (χ0n) is 10.2. The van der Waals surface area contributed by atoms with E-state index in [1.807, 2.05) is 0 Å². The van der Waals surface area contributed by atoms with Crippen molar-refractivity contribution in [3.63, 3.8) is 0 Å². The topological polar surface area (TPSA) is 67.2 Å². The Kier molecular flexibility index (Phi) is 4.15. The van der Waals surface area contributed by atoms with E-state index in [0.29, 0.717) is 11.6 Å². The summed E-state index contributed by atoms with van der Waals surface area (Å²) in [6.45, 7) is 2.82. The van der Waals surface area contributed by atoms with Gasteiger partial charge in [0, 0.05) is 12.2 Å². The van der Waals surface area contributed by atoms with E-state index in [1.54, 1.807) is 12.1 Å². The van der Waals surface area contributed by atoms with Crippen LogP contribution in [0.1, 0.15) is 23.2 Å². The third-order valence-electron chi connectivity index (χ3n) is 3.29. The van der Waals surface area contributed by atoms with Gasteiger partial charge in [-0.05, 0) is 44.0 Å². The predicted molar refractivity (Wildman–Crippen MR) is 69.0 cm³/mol. The van der Waals surface area contributed by atoms with Crippen LogP contribution in [-0.2, 0) is 0 Å². The van der Waals surface area contributed by atoms with Crippen LogP contribution in [0.3, 0.4) is 0 Å². The van der Waals surface area contributed by atoms with Crippen molar-refractivity contribution >= 4 is 11.6 Å². The van der Waals surface area contributed by atoms with Crippen LogP contribution < -0.4 is 16.4 Å². The van der Waals surface area contributed by atoms with Crippen LogP contribution in [0.2, 0.25) is 0 Å². The van der Waals surface area contributed by atoms with Crippen LogP contribution in [0.5, 0.6) is 0 Å². The van der Waals surface area contributed by atoms with Gasteiger partial charge >= 0.3 is 0 Å². The van der Waals surface area contributed by atoms with Crippen LogP contribution in [0, 0.1) is 11.7 Å². The predicted octanol–water partition coefficient (Wildman–Crippen LogP) is 1.34. The first-order valence-corrected chi connectivity index (χ1v) is 6.21. The Labute approximate surface area is 106 Å². The summed E-state index contributed by atoms with van der Waals surface area (Å²) < 4.78 is 13.5. The Morgan fingerprint density at radius 2 is 2.39 bits per heavy atom. The second-order valence-electron chi connectivity index (χ2n) is 4.60. The number of hydrogen-bond donors (Lipinski definition) is 3. The van der Waals surface area contributed by atoms with E-state index < -0.39 is 11.7 Å². The van der Waals surface area contributed by atoms with E-state index >= 15 is 0 Å². The molecular formula is C13H18FN3O. The van der Waals surface area contributed by atoms with Gasteiger partial charge in [0.1, 0.15) is 5.82 Å². The zero-order chi connectivity index (χ0) is 13.0. The lowest BCUT2D eigenvalue weighted by Gasteiger charge is -2.13. The van der Waals surface area contributed by atoms with E-state index in [4.69, 9.17) is 5.73 Å². The fraction of sp³-hybridized carbons (Fsp3) is 0.462. The molecule has 1 heterocycles. The lowest BCUT2D eigenvalue weighted by Crippen LogP contribution is -2.18. The van der Waals surface area contributed by atoms with Gasteiger partial charge in [-0.2, -0.15) is 0 Å². The van der Waals surface area contributed by atoms with Crippen LogP contribution in [0.4, 0.5) is 10.1 Å².